The standard InChI is InChI=1S/C14H29N3O/c1-12(2)15-11-14(18)17(4)10-7-13-5-8-16(3)9-6-13/h12-13,15H,5-11H2,1-4H3. The van der Waals surface area contributed by atoms with Crippen LogP contribution in [0.25, 0.3) is 0 Å². The van der Waals surface area contributed by atoms with Crippen molar-refractivity contribution < 1.29 is 4.79 Å². The Bertz CT molecular complexity index is 247. The van der Waals surface area contributed by atoms with Gasteiger partial charge in [-0.2, -0.15) is 0 Å². The topological polar surface area (TPSA) is 35.6 Å². The van der Waals surface area contributed by atoms with E-state index in [1.54, 1.807) is 0 Å². The molecular formula is C14H29N3O. The summed E-state index contributed by atoms with van der Waals surface area (Å²) >= 11 is 0. The highest BCUT2D eigenvalue weighted by molar-refractivity contribution is 5.77. The number of rotatable bonds is 6. The van der Waals surface area contributed by atoms with Gasteiger partial charge in [-0.15, -0.1) is 0 Å². The summed E-state index contributed by atoms with van der Waals surface area (Å²) in [4.78, 5) is 16.1. The van der Waals surface area contributed by atoms with Crippen LogP contribution in [0.4, 0.5) is 0 Å². The van der Waals surface area contributed by atoms with E-state index in [0.29, 0.717) is 12.6 Å². The second-order valence-electron chi connectivity index (χ2n) is 5.89. The zero-order valence-corrected chi connectivity index (χ0v) is 12.4. The smallest absolute Gasteiger partial charge is 0.236 e. The summed E-state index contributed by atoms with van der Waals surface area (Å²) in [5.41, 5.74) is 0. The van der Waals surface area contributed by atoms with Gasteiger partial charge in [-0.25, -0.2) is 0 Å². The fourth-order valence-corrected chi connectivity index (χ4v) is 2.28. The summed E-state index contributed by atoms with van der Waals surface area (Å²) in [7, 11) is 4.10. The minimum atomic E-state index is 0.205. The molecule has 0 aromatic heterocycles. The molecule has 0 spiro atoms. The Balaban J connectivity index is 2.15. The van der Waals surface area contributed by atoms with E-state index in [-0.39, 0.29) is 5.91 Å². The lowest BCUT2D eigenvalue weighted by atomic mass is 9.94. The Morgan fingerprint density at radius 3 is 2.56 bits per heavy atom. The van der Waals surface area contributed by atoms with Crippen molar-refractivity contribution in [2.24, 2.45) is 5.92 Å². The fraction of sp³-hybridized carbons (Fsp3) is 0.929. The average Bonchev–Trinajstić information content (AvgIpc) is 2.34. The van der Waals surface area contributed by atoms with Gasteiger partial charge in [-0.3, -0.25) is 4.79 Å². The summed E-state index contributed by atoms with van der Waals surface area (Å²) in [5, 5.41) is 3.17. The van der Waals surface area contributed by atoms with Gasteiger partial charge in [0.2, 0.25) is 5.91 Å². The zero-order valence-electron chi connectivity index (χ0n) is 12.4. The van der Waals surface area contributed by atoms with Gasteiger partial charge in [0.15, 0.2) is 0 Å². The molecule has 1 amide bonds. The third-order valence-corrected chi connectivity index (χ3v) is 3.80. The molecule has 0 radical (unpaired) electrons. The van der Waals surface area contributed by atoms with Crippen molar-refractivity contribution in [1.82, 2.24) is 15.1 Å². The molecule has 0 aromatic carbocycles. The van der Waals surface area contributed by atoms with E-state index < -0.39 is 0 Å². The van der Waals surface area contributed by atoms with Crippen LogP contribution in [0.3, 0.4) is 0 Å². The molecule has 0 saturated carbocycles. The van der Waals surface area contributed by atoms with Crippen molar-refractivity contribution >= 4 is 5.91 Å². The van der Waals surface area contributed by atoms with E-state index in [2.05, 4.69) is 31.1 Å². The number of amides is 1. The Kier molecular flexibility index (Phi) is 6.65. The predicted molar refractivity (Wildman–Crippen MR) is 75.6 cm³/mol. The fourth-order valence-electron chi connectivity index (χ4n) is 2.28. The lowest BCUT2D eigenvalue weighted by Crippen LogP contribution is -2.39. The van der Waals surface area contributed by atoms with Crippen LogP contribution in [0.5, 0.6) is 0 Å². The minimum Gasteiger partial charge on any atom is -0.345 e. The molecule has 106 valence electrons. The van der Waals surface area contributed by atoms with E-state index >= 15 is 0 Å². The Morgan fingerprint density at radius 2 is 2.00 bits per heavy atom. The van der Waals surface area contributed by atoms with Crippen molar-refractivity contribution in [2.45, 2.75) is 39.2 Å². The van der Waals surface area contributed by atoms with Crippen molar-refractivity contribution in [2.75, 3.05) is 40.3 Å². The number of hydrogen-bond acceptors (Lipinski definition) is 3. The van der Waals surface area contributed by atoms with Gasteiger partial charge in [0, 0.05) is 19.6 Å². The maximum atomic E-state index is 11.8. The first-order valence-electron chi connectivity index (χ1n) is 7.15. The number of nitrogens with one attached hydrogen (secondary N) is 1. The summed E-state index contributed by atoms with van der Waals surface area (Å²) in [6, 6.07) is 0.372. The number of hydrogen-bond donors (Lipinski definition) is 1. The lowest BCUT2D eigenvalue weighted by Gasteiger charge is -2.30. The normalized spacial score (nSPS) is 18.3. The highest BCUT2D eigenvalue weighted by Crippen LogP contribution is 2.19. The Morgan fingerprint density at radius 1 is 1.39 bits per heavy atom. The number of nitrogens with zero attached hydrogens (tertiary/aromatic N) is 2. The number of carbonyl (C=O) groups excluding carboxylic acids is 1. The van der Waals surface area contributed by atoms with Gasteiger partial charge in [0.1, 0.15) is 0 Å². The van der Waals surface area contributed by atoms with Crippen LogP contribution in [-0.2, 0) is 4.79 Å². The van der Waals surface area contributed by atoms with Crippen LogP contribution in [-0.4, -0.2) is 62.0 Å². The summed E-state index contributed by atoms with van der Waals surface area (Å²) in [6.45, 7) is 7.89. The van der Waals surface area contributed by atoms with Crippen LogP contribution in [0.1, 0.15) is 33.1 Å². The molecule has 0 aliphatic carbocycles. The van der Waals surface area contributed by atoms with Crippen LogP contribution in [0.2, 0.25) is 0 Å². The molecule has 0 aromatic rings. The molecule has 0 unspecified atom stereocenters. The van der Waals surface area contributed by atoms with E-state index in [0.717, 1.165) is 18.9 Å². The molecule has 4 heteroatoms. The largest absolute Gasteiger partial charge is 0.345 e. The van der Waals surface area contributed by atoms with E-state index in [4.69, 9.17) is 0 Å². The summed E-state index contributed by atoms with van der Waals surface area (Å²) in [6.07, 6.45) is 3.71. The van der Waals surface area contributed by atoms with Crippen LogP contribution in [0, 0.1) is 5.92 Å². The highest BCUT2D eigenvalue weighted by Gasteiger charge is 2.18. The molecule has 1 heterocycles. The van der Waals surface area contributed by atoms with Crippen molar-refractivity contribution in [1.29, 1.82) is 0 Å². The molecular weight excluding hydrogens is 226 g/mol. The van der Waals surface area contributed by atoms with E-state index in [1.807, 2.05) is 11.9 Å². The van der Waals surface area contributed by atoms with Gasteiger partial charge in [0.05, 0.1) is 6.54 Å². The van der Waals surface area contributed by atoms with Gasteiger partial charge in [-0.1, -0.05) is 13.8 Å². The van der Waals surface area contributed by atoms with Crippen LogP contribution in [0.15, 0.2) is 0 Å². The maximum absolute atomic E-state index is 11.8. The first kappa shape index (κ1) is 15.4. The number of carbonyl (C=O) groups is 1. The number of likely N-dealkylation sites (N-methyl/N-ethyl adjacent to an activating group) is 1. The molecule has 4 nitrogen and oxygen atoms in total. The van der Waals surface area contributed by atoms with E-state index in [1.165, 1.54) is 25.9 Å². The van der Waals surface area contributed by atoms with Gasteiger partial charge in [0.25, 0.3) is 0 Å². The Hall–Kier alpha value is -0.610. The minimum absolute atomic E-state index is 0.205. The molecule has 1 fully saturated rings. The molecule has 1 N–H and O–H groups in total. The second-order valence-corrected chi connectivity index (χ2v) is 5.89. The summed E-state index contributed by atoms with van der Waals surface area (Å²) < 4.78 is 0. The first-order valence-corrected chi connectivity index (χ1v) is 7.15. The molecule has 1 aliphatic rings. The third kappa shape index (κ3) is 5.83. The highest BCUT2D eigenvalue weighted by atomic mass is 16.2. The van der Waals surface area contributed by atoms with E-state index in [9.17, 15) is 4.79 Å². The van der Waals surface area contributed by atoms with Gasteiger partial charge < -0.3 is 15.1 Å². The molecule has 1 saturated heterocycles. The average molecular weight is 255 g/mol. The molecule has 1 aliphatic heterocycles. The molecule has 1 rings (SSSR count). The van der Waals surface area contributed by atoms with Crippen molar-refractivity contribution in [3.63, 3.8) is 0 Å². The lowest BCUT2D eigenvalue weighted by molar-refractivity contribution is -0.129. The van der Waals surface area contributed by atoms with Crippen molar-refractivity contribution in [3.05, 3.63) is 0 Å². The third-order valence-electron chi connectivity index (χ3n) is 3.80. The van der Waals surface area contributed by atoms with Crippen molar-refractivity contribution in [3.8, 4) is 0 Å². The number of likely N-dealkylation sites (tertiary alicyclic amines) is 1. The van der Waals surface area contributed by atoms with Gasteiger partial charge >= 0.3 is 0 Å². The zero-order chi connectivity index (χ0) is 13.5. The quantitative estimate of drug-likeness (QED) is 0.774. The molecule has 0 bridgehead atoms. The molecule has 0 atom stereocenters. The first-order chi connectivity index (χ1) is 8.49. The monoisotopic (exact) mass is 255 g/mol. The van der Waals surface area contributed by atoms with Gasteiger partial charge in [-0.05, 0) is 45.3 Å². The second kappa shape index (κ2) is 7.74. The van der Waals surface area contributed by atoms with Crippen LogP contribution >= 0.6 is 0 Å². The predicted octanol–water partition coefficient (Wildman–Crippen LogP) is 1.17. The van der Waals surface area contributed by atoms with Crippen LogP contribution < -0.4 is 5.32 Å². The SMILES string of the molecule is CC(C)NCC(=O)N(C)CCC1CCN(C)CC1. The summed E-state index contributed by atoms with van der Waals surface area (Å²) in [5.74, 6) is 1.01. The Labute approximate surface area is 112 Å². The number of piperidine rings is 1. The maximum Gasteiger partial charge on any atom is 0.236 e. The molecule has 18 heavy (non-hydrogen) atoms.